The van der Waals surface area contributed by atoms with Crippen LogP contribution in [0.3, 0.4) is 0 Å². The first-order chi connectivity index (χ1) is 24.4. The lowest BCUT2D eigenvalue weighted by molar-refractivity contribution is 0.00439. The Balaban J connectivity index is 1.14. The third kappa shape index (κ3) is 7.30. The molecular weight excluding hydrogens is 672 g/mol. The molecule has 13 nitrogen and oxygen atoms in total. The molecule has 7 rings (SSSR count). The van der Waals surface area contributed by atoms with Crippen LogP contribution >= 0.6 is 11.6 Å². The minimum Gasteiger partial charge on any atom is -0.465 e. The van der Waals surface area contributed by atoms with E-state index in [1.807, 2.05) is 39.0 Å². The van der Waals surface area contributed by atoms with Crippen molar-refractivity contribution in [1.82, 2.24) is 24.7 Å². The lowest BCUT2D eigenvalue weighted by atomic mass is 10.0. The normalized spacial score (nSPS) is 20.5. The number of hydrogen-bond donors (Lipinski definition) is 1. The number of fused-ring (bicyclic) bond motifs is 2. The van der Waals surface area contributed by atoms with Crippen LogP contribution in [0.15, 0.2) is 36.4 Å². The van der Waals surface area contributed by atoms with Crippen LogP contribution in [0.25, 0.3) is 10.8 Å². The molecule has 51 heavy (non-hydrogen) atoms. The van der Waals surface area contributed by atoms with E-state index in [4.69, 9.17) is 31.0 Å². The van der Waals surface area contributed by atoms with Crippen LogP contribution in [-0.2, 0) is 17.7 Å². The van der Waals surface area contributed by atoms with Crippen LogP contribution in [0, 0.1) is 11.3 Å². The number of carboxylic acid groups (broad SMARTS) is 1. The first kappa shape index (κ1) is 34.9. The fraction of sp³-hybridized carbons (Fsp3) is 0.541. The summed E-state index contributed by atoms with van der Waals surface area (Å²) in [6, 6.07) is 14.1. The Morgan fingerprint density at radius 3 is 2.45 bits per heavy atom. The van der Waals surface area contributed by atoms with Gasteiger partial charge in [-0.1, -0.05) is 35.9 Å². The molecular formula is C37H45ClN8O5. The molecule has 1 aromatic heterocycles. The molecule has 14 heteroatoms. The van der Waals surface area contributed by atoms with E-state index in [0.717, 1.165) is 66.0 Å². The predicted octanol–water partition coefficient (Wildman–Crippen LogP) is 5.39. The number of piperazine rings is 2. The average Bonchev–Trinajstić information content (AvgIpc) is 3.90. The largest absolute Gasteiger partial charge is 0.465 e. The molecule has 0 unspecified atom stereocenters. The Morgan fingerprint density at radius 2 is 1.76 bits per heavy atom. The number of carbonyl (C=O) groups excluding carboxylic acids is 1. The molecule has 2 amide bonds. The highest BCUT2D eigenvalue weighted by Gasteiger charge is 2.50. The number of nitrogens with zero attached hydrogens (tertiary/aromatic N) is 8. The molecule has 270 valence electrons. The Bertz CT molecular complexity index is 1840. The molecule has 3 aromatic rings. The van der Waals surface area contributed by atoms with Crippen molar-refractivity contribution in [3.63, 3.8) is 0 Å². The van der Waals surface area contributed by atoms with E-state index < -0.39 is 17.7 Å². The third-order valence-electron chi connectivity index (χ3n) is 10.4. The second-order valence-electron chi connectivity index (χ2n) is 14.9. The number of amides is 2. The molecule has 3 aliphatic heterocycles. The quantitative estimate of drug-likeness (QED) is 0.337. The van der Waals surface area contributed by atoms with Crippen molar-refractivity contribution in [2.45, 2.75) is 70.2 Å². The molecule has 2 aromatic carbocycles. The van der Waals surface area contributed by atoms with Gasteiger partial charge in [0.15, 0.2) is 0 Å². The second-order valence-corrected chi connectivity index (χ2v) is 15.4. The highest BCUT2D eigenvalue weighted by Crippen LogP contribution is 2.43. The van der Waals surface area contributed by atoms with Gasteiger partial charge in [0.05, 0.1) is 41.3 Å². The lowest BCUT2D eigenvalue weighted by Gasteiger charge is -2.41. The van der Waals surface area contributed by atoms with Crippen molar-refractivity contribution in [3.05, 3.63) is 52.7 Å². The van der Waals surface area contributed by atoms with Crippen LogP contribution in [0.1, 0.15) is 51.3 Å². The molecule has 2 saturated heterocycles. The summed E-state index contributed by atoms with van der Waals surface area (Å²) >= 11 is 6.73. The summed E-state index contributed by atoms with van der Waals surface area (Å²) in [6.07, 6.45) is 1.45. The maximum Gasteiger partial charge on any atom is 0.410 e. The van der Waals surface area contributed by atoms with E-state index in [-0.39, 0.29) is 30.6 Å². The van der Waals surface area contributed by atoms with Gasteiger partial charge in [-0.3, -0.25) is 4.90 Å². The molecule has 3 fully saturated rings. The summed E-state index contributed by atoms with van der Waals surface area (Å²) in [5.74, 6) is 0.745. The van der Waals surface area contributed by atoms with Gasteiger partial charge < -0.3 is 34.2 Å². The Hall–Kier alpha value is -4.54. The van der Waals surface area contributed by atoms with E-state index in [9.17, 15) is 20.0 Å². The van der Waals surface area contributed by atoms with Gasteiger partial charge in [-0.2, -0.15) is 15.2 Å². The topological polar surface area (TPSA) is 139 Å². The standard InChI is InChI=1S/C37H45ClN8O5/c1-36(2,3)51-35(49)42-16-19-45(20-17-42)37(12-13-37)24-50-33-40-29-23-43(30-9-5-7-25-6-4-8-28(38)31(25)30)15-11-27(29)32(41-33)44-18-21-46(34(47)48)26(22-44)10-14-39/h4-9,26H,10-13,15-24H2,1-3H3,(H,47,48)/t26-/m0/s1. The molecule has 4 heterocycles. The van der Waals surface area contributed by atoms with Gasteiger partial charge in [-0.05, 0) is 57.6 Å². The number of ether oxygens (including phenoxy) is 2. The van der Waals surface area contributed by atoms with E-state index in [1.165, 1.54) is 4.90 Å². The second kappa shape index (κ2) is 13.9. The maximum absolute atomic E-state index is 12.7. The van der Waals surface area contributed by atoms with E-state index in [0.29, 0.717) is 50.8 Å². The molecule has 1 atom stereocenters. The zero-order valence-corrected chi connectivity index (χ0v) is 30.2. The lowest BCUT2D eigenvalue weighted by Crippen LogP contribution is -2.55. The number of nitriles is 1. The highest BCUT2D eigenvalue weighted by molar-refractivity contribution is 6.36. The summed E-state index contributed by atoms with van der Waals surface area (Å²) in [4.78, 5) is 44.6. The zero-order chi connectivity index (χ0) is 35.9. The predicted molar refractivity (Wildman–Crippen MR) is 194 cm³/mol. The summed E-state index contributed by atoms with van der Waals surface area (Å²) in [6.45, 7) is 11.0. The summed E-state index contributed by atoms with van der Waals surface area (Å²) in [5, 5.41) is 22.1. The smallest absolute Gasteiger partial charge is 0.410 e. The molecule has 1 aliphatic carbocycles. The number of aromatic nitrogens is 2. The van der Waals surface area contributed by atoms with Crippen molar-refractivity contribution in [2.75, 3.05) is 68.8 Å². The zero-order valence-electron chi connectivity index (χ0n) is 29.5. The van der Waals surface area contributed by atoms with Gasteiger partial charge in [0.2, 0.25) is 0 Å². The number of halogens is 1. The molecule has 1 saturated carbocycles. The molecule has 1 N–H and O–H groups in total. The SMILES string of the molecule is CC(C)(C)OC(=O)N1CCN(C2(COc3nc4c(c(N5CCN(C(=O)O)[C@@H](CC#N)C5)n3)CCN(c3cccc5cccc(Cl)c35)C4)CC2)CC1. The van der Waals surface area contributed by atoms with Gasteiger partial charge in [0.1, 0.15) is 18.0 Å². The van der Waals surface area contributed by atoms with Crippen molar-refractivity contribution in [2.24, 2.45) is 0 Å². The number of benzene rings is 2. The Kier molecular flexibility index (Phi) is 9.50. The van der Waals surface area contributed by atoms with Gasteiger partial charge in [-0.15, -0.1) is 0 Å². The molecule has 4 aliphatic rings. The molecule has 0 radical (unpaired) electrons. The van der Waals surface area contributed by atoms with Crippen molar-refractivity contribution in [1.29, 1.82) is 5.26 Å². The number of carbonyl (C=O) groups is 2. The van der Waals surface area contributed by atoms with E-state index in [1.54, 1.807) is 4.90 Å². The number of anilines is 2. The van der Waals surface area contributed by atoms with Crippen molar-refractivity contribution in [3.8, 4) is 12.1 Å². The first-order valence-corrected chi connectivity index (χ1v) is 18.1. The summed E-state index contributed by atoms with van der Waals surface area (Å²) in [5.41, 5.74) is 2.24. The van der Waals surface area contributed by atoms with Gasteiger partial charge in [0, 0.05) is 69.0 Å². The number of hydrogen-bond acceptors (Lipinski definition) is 10. The Labute approximate surface area is 303 Å². The van der Waals surface area contributed by atoms with Gasteiger partial charge >= 0.3 is 18.2 Å². The summed E-state index contributed by atoms with van der Waals surface area (Å²) in [7, 11) is 0. The van der Waals surface area contributed by atoms with Crippen molar-refractivity contribution >= 4 is 46.1 Å². The van der Waals surface area contributed by atoms with Crippen LogP contribution in [0.5, 0.6) is 6.01 Å². The number of rotatable bonds is 7. The average molecular weight is 717 g/mol. The molecule has 0 bridgehead atoms. The molecule has 0 spiro atoms. The van der Waals surface area contributed by atoms with Crippen LogP contribution in [0.2, 0.25) is 5.02 Å². The van der Waals surface area contributed by atoms with Crippen LogP contribution < -0.4 is 14.5 Å². The fourth-order valence-corrected chi connectivity index (χ4v) is 7.90. The van der Waals surface area contributed by atoms with Gasteiger partial charge in [-0.25, -0.2) is 9.59 Å². The van der Waals surface area contributed by atoms with Crippen LogP contribution in [0.4, 0.5) is 21.1 Å². The fourth-order valence-electron chi connectivity index (χ4n) is 7.62. The summed E-state index contributed by atoms with van der Waals surface area (Å²) < 4.78 is 12.1. The van der Waals surface area contributed by atoms with E-state index in [2.05, 4.69) is 39.0 Å². The minimum absolute atomic E-state index is 0.0960. The third-order valence-corrected chi connectivity index (χ3v) is 10.8. The first-order valence-electron chi connectivity index (χ1n) is 17.7. The Morgan fingerprint density at radius 1 is 1.02 bits per heavy atom. The minimum atomic E-state index is -1.02. The van der Waals surface area contributed by atoms with E-state index >= 15 is 0 Å². The highest BCUT2D eigenvalue weighted by atomic mass is 35.5. The maximum atomic E-state index is 12.7. The monoisotopic (exact) mass is 716 g/mol. The van der Waals surface area contributed by atoms with Gasteiger partial charge in [0.25, 0.3) is 0 Å². The van der Waals surface area contributed by atoms with Crippen molar-refractivity contribution < 1.29 is 24.2 Å². The van der Waals surface area contributed by atoms with Crippen LogP contribution in [-0.4, -0.2) is 118 Å².